The van der Waals surface area contributed by atoms with E-state index in [1.165, 1.54) is 17.7 Å². The molecule has 0 unspecified atom stereocenters. The van der Waals surface area contributed by atoms with Crippen LogP contribution in [0, 0.1) is 11.7 Å². The van der Waals surface area contributed by atoms with Gasteiger partial charge in [-0.15, -0.1) is 0 Å². The monoisotopic (exact) mass is 299 g/mol. The Morgan fingerprint density at radius 3 is 2.71 bits per heavy atom. The minimum absolute atomic E-state index is 0.216. The number of hydrogen-bond acceptors (Lipinski definition) is 1. The Bertz CT molecular complexity index is 399. The molecule has 1 N–H and O–H groups in total. The Balaban J connectivity index is 2.95. The van der Waals surface area contributed by atoms with Crippen LogP contribution >= 0.6 is 15.9 Å². The van der Waals surface area contributed by atoms with E-state index in [9.17, 15) is 4.39 Å². The lowest BCUT2D eigenvalue weighted by atomic mass is 10.0. The van der Waals surface area contributed by atoms with Gasteiger partial charge < -0.3 is 5.32 Å². The summed E-state index contributed by atoms with van der Waals surface area (Å²) in [6.07, 6.45) is 2.12. The van der Waals surface area contributed by atoms with E-state index < -0.39 is 0 Å². The highest BCUT2D eigenvalue weighted by Gasteiger charge is 2.05. The third-order valence-electron chi connectivity index (χ3n) is 2.62. The molecule has 17 heavy (non-hydrogen) atoms. The van der Waals surface area contributed by atoms with Crippen LogP contribution < -0.4 is 5.32 Å². The molecule has 94 valence electrons. The fraction of sp³-hybridized carbons (Fsp3) is 0.429. The van der Waals surface area contributed by atoms with Crippen LogP contribution in [0.2, 0.25) is 0 Å². The highest BCUT2D eigenvalue weighted by molar-refractivity contribution is 9.10. The Labute approximate surface area is 111 Å². The van der Waals surface area contributed by atoms with E-state index in [4.69, 9.17) is 0 Å². The Morgan fingerprint density at radius 2 is 2.18 bits per heavy atom. The standard InChI is InChI=1S/C14H19BrFN/c1-4-17-9-12(10(2)3)7-11-5-6-13(16)8-14(11)15/h5-8,10,17H,4,9H2,1-3H3/b12-7-. The summed E-state index contributed by atoms with van der Waals surface area (Å²) in [5, 5.41) is 3.32. The zero-order valence-electron chi connectivity index (χ0n) is 10.6. The predicted molar refractivity (Wildman–Crippen MR) is 75.5 cm³/mol. The summed E-state index contributed by atoms with van der Waals surface area (Å²) in [4.78, 5) is 0. The van der Waals surface area contributed by atoms with Gasteiger partial charge in [0.15, 0.2) is 0 Å². The Hall–Kier alpha value is -0.670. The maximum atomic E-state index is 13.0. The van der Waals surface area contributed by atoms with Crippen LogP contribution in [0.1, 0.15) is 26.3 Å². The molecular formula is C14H19BrFN. The summed E-state index contributed by atoms with van der Waals surface area (Å²) in [5.74, 6) is 0.262. The SMILES string of the molecule is CCNC/C(=C/c1ccc(F)cc1Br)C(C)C. The summed E-state index contributed by atoms with van der Waals surface area (Å²) >= 11 is 3.39. The molecule has 0 fully saturated rings. The van der Waals surface area contributed by atoms with Gasteiger partial charge in [-0.25, -0.2) is 4.39 Å². The average molecular weight is 300 g/mol. The lowest BCUT2D eigenvalue weighted by molar-refractivity contribution is 0.627. The van der Waals surface area contributed by atoms with Crippen LogP contribution in [0.5, 0.6) is 0 Å². The summed E-state index contributed by atoms with van der Waals surface area (Å²) in [7, 11) is 0. The summed E-state index contributed by atoms with van der Waals surface area (Å²) in [6, 6.07) is 4.78. The van der Waals surface area contributed by atoms with E-state index in [1.807, 2.05) is 0 Å². The third-order valence-corrected chi connectivity index (χ3v) is 3.31. The smallest absolute Gasteiger partial charge is 0.124 e. The van der Waals surface area contributed by atoms with Gasteiger partial charge in [0.25, 0.3) is 0 Å². The molecule has 0 radical (unpaired) electrons. The molecule has 1 rings (SSSR count). The maximum Gasteiger partial charge on any atom is 0.124 e. The van der Waals surface area contributed by atoms with Crippen molar-refractivity contribution in [2.24, 2.45) is 5.92 Å². The van der Waals surface area contributed by atoms with Crippen molar-refractivity contribution in [2.45, 2.75) is 20.8 Å². The van der Waals surface area contributed by atoms with Crippen molar-refractivity contribution in [1.29, 1.82) is 0 Å². The van der Waals surface area contributed by atoms with Gasteiger partial charge in [-0.3, -0.25) is 0 Å². The minimum Gasteiger partial charge on any atom is -0.313 e. The molecule has 0 heterocycles. The van der Waals surface area contributed by atoms with Crippen LogP contribution in [-0.4, -0.2) is 13.1 Å². The number of benzene rings is 1. The first-order valence-corrected chi connectivity index (χ1v) is 6.70. The molecule has 0 amide bonds. The van der Waals surface area contributed by atoms with E-state index in [1.54, 1.807) is 6.07 Å². The molecule has 0 aliphatic carbocycles. The van der Waals surface area contributed by atoms with Gasteiger partial charge in [-0.2, -0.15) is 0 Å². The zero-order valence-corrected chi connectivity index (χ0v) is 12.1. The Kier molecular flexibility index (Phi) is 5.86. The number of likely N-dealkylation sites (N-methyl/N-ethyl adjacent to an activating group) is 1. The molecule has 3 heteroatoms. The number of hydrogen-bond donors (Lipinski definition) is 1. The molecule has 0 aliphatic heterocycles. The topological polar surface area (TPSA) is 12.0 Å². The van der Waals surface area contributed by atoms with Gasteiger partial charge in [0.1, 0.15) is 5.82 Å². The largest absolute Gasteiger partial charge is 0.313 e. The molecule has 1 aromatic carbocycles. The van der Waals surface area contributed by atoms with Gasteiger partial charge in [0.05, 0.1) is 0 Å². The normalized spacial score (nSPS) is 12.2. The molecule has 0 aliphatic rings. The van der Waals surface area contributed by atoms with Crippen LogP contribution in [0.15, 0.2) is 28.2 Å². The number of halogens is 2. The zero-order chi connectivity index (χ0) is 12.8. The lowest BCUT2D eigenvalue weighted by Crippen LogP contribution is -2.18. The van der Waals surface area contributed by atoms with Crippen molar-refractivity contribution >= 4 is 22.0 Å². The van der Waals surface area contributed by atoms with Gasteiger partial charge in [0.2, 0.25) is 0 Å². The molecular weight excluding hydrogens is 281 g/mol. The van der Waals surface area contributed by atoms with Crippen LogP contribution in [0.3, 0.4) is 0 Å². The van der Waals surface area contributed by atoms with E-state index in [-0.39, 0.29) is 5.82 Å². The first kappa shape index (κ1) is 14.4. The Morgan fingerprint density at radius 1 is 1.47 bits per heavy atom. The highest BCUT2D eigenvalue weighted by atomic mass is 79.9. The minimum atomic E-state index is -0.216. The van der Waals surface area contributed by atoms with Crippen LogP contribution in [-0.2, 0) is 0 Å². The second-order valence-corrected chi connectivity index (χ2v) is 5.17. The molecule has 0 saturated carbocycles. The van der Waals surface area contributed by atoms with Crippen LogP contribution in [0.25, 0.3) is 6.08 Å². The fourth-order valence-electron chi connectivity index (χ4n) is 1.51. The van der Waals surface area contributed by atoms with Gasteiger partial charge in [-0.1, -0.05) is 54.4 Å². The highest BCUT2D eigenvalue weighted by Crippen LogP contribution is 2.22. The number of rotatable bonds is 5. The summed E-state index contributed by atoms with van der Waals surface area (Å²) < 4.78 is 13.8. The third kappa shape index (κ3) is 4.60. The molecule has 0 aromatic heterocycles. The van der Waals surface area contributed by atoms with Crippen molar-refractivity contribution in [1.82, 2.24) is 5.32 Å². The second kappa shape index (κ2) is 6.92. The van der Waals surface area contributed by atoms with Crippen molar-refractivity contribution in [2.75, 3.05) is 13.1 Å². The first-order chi connectivity index (χ1) is 8.04. The molecule has 0 bridgehead atoms. The van der Waals surface area contributed by atoms with Crippen molar-refractivity contribution < 1.29 is 4.39 Å². The van der Waals surface area contributed by atoms with E-state index in [0.29, 0.717) is 5.92 Å². The summed E-state index contributed by atoms with van der Waals surface area (Å²) in [6.45, 7) is 8.25. The van der Waals surface area contributed by atoms with Gasteiger partial charge >= 0.3 is 0 Å². The molecule has 0 spiro atoms. The van der Waals surface area contributed by atoms with Crippen molar-refractivity contribution in [3.8, 4) is 0 Å². The van der Waals surface area contributed by atoms with Crippen molar-refractivity contribution in [3.05, 3.63) is 39.6 Å². The molecule has 1 nitrogen and oxygen atoms in total. The second-order valence-electron chi connectivity index (χ2n) is 4.32. The lowest BCUT2D eigenvalue weighted by Gasteiger charge is -2.12. The predicted octanol–water partition coefficient (Wildman–Crippen LogP) is 4.24. The molecule has 1 aromatic rings. The maximum absolute atomic E-state index is 13.0. The summed E-state index contributed by atoms with van der Waals surface area (Å²) in [5.41, 5.74) is 2.34. The van der Waals surface area contributed by atoms with Gasteiger partial charge in [-0.05, 0) is 30.2 Å². The van der Waals surface area contributed by atoms with Crippen molar-refractivity contribution in [3.63, 3.8) is 0 Å². The fourth-order valence-corrected chi connectivity index (χ4v) is 1.97. The average Bonchev–Trinajstić information content (AvgIpc) is 2.26. The van der Waals surface area contributed by atoms with E-state index in [2.05, 4.69) is 48.1 Å². The first-order valence-electron chi connectivity index (χ1n) is 5.90. The molecule has 0 atom stereocenters. The number of nitrogens with one attached hydrogen (secondary N) is 1. The van der Waals surface area contributed by atoms with E-state index in [0.717, 1.165) is 23.1 Å². The van der Waals surface area contributed by atoms with Crippen LogP contribution in [0.4, 0.5) is 4.39 Å². The van der Waals surface area contributed by atoms with E-state index >= 15 is 0 Å². The van der Waals surface area contributed by atoms with Gasteiger partial charge in [0, 0.05) is 11.0 Å². The quantitative estimate of drug-likeness (QED) is 0.857. The molecule has 0 saturated heterocycles.